The van der Waals surface area contributed by atoms with Gasteiger partial charge in [-0.05, 0) is 18.6 Å². The van der Waals surface area contributed by atoms with Crippen LogP contribution < -0.4 is 5.32 Å². The second-order valence-electron chi connectivity index (χ2n) is 4.62. The SMILES string of the molecule is Cc1cc(C(=O)NCC(=O)OCc2ccccc2)nn1C. The highest BCUT2D eigenvalue weighted by atomic mass is 16.5. The fourth-order valence-electron chi connectivity index (χ4n) is 1.70. The van der Waals surface area contributed by atoms with E-state index in [9.17, 15) is 9.59 Å². The Morgan fingerprint density at radius 1 is 1.29 bits per heavy atom. The third-order valence-corrected chi connectivity index (χ3v) is 2.98. The van der Waals surface area contributed by atoms with Gasteiger partial charge in [-0.1, -0.05) is 30.3 Å². The van der Waals surface area contributed by atoms with E-state index < -0.39 is 11.9 Å². The van der Waals surface area contributed by atoms with Crippen LogP contribution in [0.3, 0.4) is 0 Å². The number of hydrogen-bond donors (Lipinski definition) is 1. The lowest BCUT2D eigenvalue weighted by Gasteiger charge is -2.05. The Bertz CT molecular complexity index is 615. The van der Waals surface area contributed by atoms with Crippen molar-refractivity contribution < 1.29 is 14.3 Å². The van der Waals surface area contributed by atoms with E-state index in [0.717, 1.165) is 11.3 Å². The average Bonchev–Trinajstić information content (AvgIpc) is 2.83. The molecule has 6 nitrogen and oxygen atoms in total. The third-order valence-electron chi connectivity index (χ3n) is 2.98. The molecule has 0 saturated carbocycles. The van der Waals surface area contributed by atoms with Crippen molar-refractivity contribution in [2.24, 2.45) is 7.05 Å². The normalized spacial score (nSPS) is 10.2. The van der Waals surface area contributed by atoms with Gasteiger partial charge >= 0.3 is 5.97 Å². The zero-order valence-electron chi connectivity index (χ0n) is 12.0. The Morgan fingerprint density at radius 3 is 2.62 bits per heavy atom. The summed E-state index contributed by atoms with van der Waals surface area (Å²) < 4.78 is 6.66. The number of rotatable bonds is 5. The highest BCUT2D eigenvalue weighted by Gasteiger charge is 2.12. The number of esters is 1. The van der Waals surface area contributed by atoms with E-state index in [1.165, 1.54) is 0 Å². The summed E-state index contributed by atoms with van der Waals surface area (Å²) in [7, 11) is 1.75. The number of carbonyl (C=O) groups excluding carboxylic acids is 2. The molecule has 1 heterocycles. The van der Waals surface area contributed by atoms with E-state index in [0.29, 0.717) is 0 Å². The number of amides is 1. The quantitative estimate of drug-likeness (QED) is 0.839. The number of benzene rings is 1. The molecule has 1 aromatic heterocycles. The number of carbonyl (C=O) groups is 2. The fraction of sp³-hybridized carbons (Fsp3) is 0.267. The van der Waals surface area contributed by atoms with Crippen LogP contribution in [0.25, 0.3) is 0 Å². The van der Waals surface area contributed by atoms with Crippen LogP contribution in [0.5, 0.6) is 0 Å². The van der Waals surface area contributed by atoms with Gasteiger partial charge < -0.3 is 10.1 Å². The minimum absolute atomic E-state index is 0.179. The van der Waals surface area contributed by atoms with Crippen molar-refractivity contribution in [1.82, 2.24) is 15.1 Å². The largest absolute Gasteiger partial charge is 0.460 e. The van der Waals surface area contributed by atoms with E-state index >= 15 is 0 Å². The highest BCUT2D eigenvalue weighted by Crippen LogP contribution is 2.02. The van der Waals surface area contributed by atoms with Crippen molar-refractivity contribution in [3.63, 3.8) is 0 Å². The average molecular weight is 287 g/mol. The molecule has 0 saturated heterocycles. The predicted octanol–water partition coefficient (Wildman–Crippen LogP) is 1.20. The molecule has 0 atom stereocenters. The van der Waals surface area contributed by atoms with Crippen LogP contribution in [-0.4, -0.2) is 28.2 Å². The minimum atomic E-state index is -0.486. The first-order valence-corrected chi connectivity index (χ1v) is 6.54. The minimum Gasteiger partial charge on any atom is -0.460 e. The molecule has 0 aliphatic rings. The second kappa shape index (κ2) is 6.69. The summed E-state index contributed by atoms with van der Waals surface area (Å²) in [5, 5.41) is 6.52. The number of nitrogens with zero attached hydrogens (tertiary/aromatic N) is 2. The summed E-state index contributed by atoms with van der Waals surface area (Å²) in [5.41, 5.74) is 2.05. The number of nitrogens with one attached hydrogen (secondary N) is 1. The maximum absolute atomic E-state index is 11.8. The summed E-state index contributed by atoms with van der Waals surface area (Å²) in [6, 6.07) is 11.0. The van der Waals surface area contributed by atoms with Gasteiger partial charge in [0, 0.05) is 12.7 Å². The van der Waals surface area contributed by atoms with Crippen LogP contribution in [0.1, 0.15) is 21.7 Å². The summed E-state index contributed by atoms with van der Waals surface area (Å²) in [6.45, 7) is 1.86. The molecule has 0 bridgehead atoms. The maximum atomic E-state index is 11.8. The molecule has 0 aliphatic heterocycles. The van der Waals surface area contributed by atoms with Crippen LogP contribution in [0.2, 0.25) is 0 Å². The molecule has 2 rings (SSSR count). The van der Waals surface area contributed by atoms with Gasteiger partial charge in [0.1, 0.15) is 18.8 Å². The lowest BCUT2D eigenvalue weighted by Crippen LogP contribution is -2.30. The molecule has 110 valence electrons. The smallest absolute Gasteiger partial charge is 0.325 e. The predicted molar refractivity (Wildman–Crippen MR) is 76.5 cm³/mol. The molecule has 0 radical (unpaired) electrons. The zero-order valence-corrected chi connectivity index (χ0v) is 12.0. The number of hydrogen-bond acceptors (Lipinski definition) is 4. The van der Waals surface area contributed by atoms with Gasteiger partial charge in [0.2, 0.25) is 0 Å². The Morgan fingerprint density at radius 2 is 2.00 bits per heavy atom. The van der Waals surface area contributed by atoms with Crippen LogP contribution in [0.4, 0.5) is 0 Å². The lowest BCUT2D eigenvalue weighted by atomic mass is 10.2. The molecule has 1 aromatic carbocycles. The molecule has 21 heavy (non-hydrogen) atoms. The first-order valence-electron chi connectivity index (χ1n) is 6.54. The monoisotopic (exact) mass is 287 g/mol. The molecular weight excluding hydrogens is 270 g/mol. The Kier molecular flexibility index (Phi) is 4.71. The van der Waals surface area contributed by atoms with Gasteiger partial charge in [0.05, 0.1) is 0 Å². The summed E-state index contributed by atoms with van der Waals surface area (Å²) >= 11 is 0. The first kappa shape index (κ1) is 14.8. The number of ether oxygens (including phenoxy) is 1. The van der Waals surface area contributed by atoms with E-state index in [-0.39, 0.29) is 18.8 Å². The lowest BCUT2D eigenvalue weighted by molar-refractivity contribution is -0.143. The highest BCUT2D eigenvalue weighted by molar-refractivity contribution is 5.94. The Labute approximate surface area is 122 Å². The molecule has 1 amide bonds. The van der Waals surface area contributed by atoms with Gasteiger partial charge in [0.15, 0.2) is 0 Å². The summed E-state index contributed by atoms with van der Waals surface area (Å²) in [6.07, 6.45) is 0. The first-order chi connectivity index (χ1) is 10.1. The molecule has 0 unspecified atom stereocenters. The van der Waals surface area contributed by atoms with Crippen molar-refractivity contribution in [1.29, 1.82) is 0 Å². The number of aromatic nitrogens is 2. The van der Waals surface area contributed by atoms with Gasteiger partial charge in [-0.3, -0.25) is 14.3 Å². The Balaban J connectivity index is 1.77. The topological polar surface area (TPSA) is 73.2 Å². The van der Waals surface area contributed by atoms with Crippen LogP contribution >= 0.6 is 0 Å². The third kappa shape index (κ3) is 4.17. The Hall–Kier alpha value is -2.63. The van der Waals surface area contributed by atoms with Crippen LogP contribution in [0.15, 0.2) is 36.4 Å². The molecule has 2 aromatic rings. The van der Waals surface area contributed by atoms with Crippen molar-refractivity contribution in [3.05, 3.63) is 53.3 Å². The van der Waals surface area contributed by atoms with Crippen molar-refractivity contribution in [2.75, 3.05) is 6.54 Å². The van der Waals surface area contributed by atoms with E-state index in [4.69, 9.17) is 4.74 Å². The standard InChI is InChI=1S/C15H17N3O3/c1-11-8-13(17-18(11)2)15(20)16-9-14(19)21-10-12-6-4-3-5-7-12/h3-8H,9-10H2,1-2H3,(H,16,20). The summed E-state index contributed by atoms with van der Waals surface area (Å²) in [4.78, 5) is 23.4. The molecule has 1 N–H and O–H groups in total. The molecule has 0 spiro atoms. The fourth-order valence-corrected chi connectivity index (χ4v) is 1.70. The van der Waals surface area contributed by atoms with Gasteiger partial charge in [-0.25, -0.2) is 0 Å². The summed E-state index contributed by atoms with van der Waals surface area (Å²) in [5.74, 6) is -0.879. The maximum Gasteiger partial charge on any atom is 0.325 e. The van der Waals surface area contributed by atoms with Crippen LogP contribution in [0, 0.1) is 6.92 Å². The van der Waals surface area contributed by atoms with Crippen LogP contribution in [-0.2, 0) is 23.2 Å². The number of aryl methyl sites for hydroxylation is 2. The van der Waals surface area contributed by atoms with Crippen molar-refractivity contribution in [2.45, 2.75) is 13.5 Å². The van der Waals surface area contributed by atoms with E-state index in [2.05, 4.69) is 10.4 Å². The van der Waals surface area contributed by atoms with Crippen molar-refractivity contribution >= 4 is 11.9 Å². The van der Waals surface area contributed by atoms with Gasteiger partial charge in [0.25, 0.3) is 5.91 Å². The van der Waals surface area contributed by atoms with Crippen molar-refractivity contribution in [3.8, 4) is 0 Å². The molecule has 0 fully saturated rings. The molecular formula is C15H17N3O3. The van der Waals surface area contributed by atoms with E-state index in [1.54, 1.807) is 17.8 Å². The van der Waals surface area contributed by atoms with E-state index in [1.807, 2.05) is 37.3 Å². The molecule has 0 aliphatic carbocycles. The zero-order chi connectivity index (χ0) is 15.2. The van der Waals surface area contributed by atoms with Gasteiger partial charge in [-0.15, -0.1) is 0 Å². The second-order valence-corrected chi connectivity index (χ2v) is 4.62. The van der Waals surface area contributed by atoms with Gasteiger partial charge in [-0.2, -0.15) is 5.10 Å². The molecule has 6 heteroatoms.